The molecule has 31 heavy (non-hydrogen) atoms. The zero-order valence-electron chi connectivity index (χ0n) is 17.1. The Hall–Kier alpha value is -3.16. The Bertz CT molecular complexity index is 1160. The van der Waals surface area contributed by atoms with Gasteiger partial charge in [-0.05, 0) is 54.4 Å². The highest BCUT2D eigenvalue weighted by Gasteiger charge is 2.17. The third-order valence-corrected chi connectivity index (χ3v) is 5.70. The highest BCUT2D eigenvalue weighted by Crippen LogP contribution is 2.39. The molecule has 4 rings (SSSR count). The average molecular weight is 453 g/mol. The molecule has 8 heteroatoms. The number of benzene rings is 2. The smallest absolute Gasteiger partial charge is 0.222 e. The van der Waals surface area contributed by atoms with Crippen molar-refractivity contribution in [2.75, 3.05) is 19.0 Å². The van der Waals surface area contributed by atoms with Crippen LogP contribution in [-0.2, 0) is 6.61 Å². The van der Waals surface area contributed by atoms with Crippen LogP contribution in [-0.4, -0.2) is 28.6 Å². The number of hydrogen-bond acceptors (Lipinski definition) is 7. The summed E-state index contributed by atoms with van der Waals surface area (Å²) in [6.07, 6.45) is 1.65. The second-order valence-corrected chi connectivity index (χ2v) is 7.94. The molecule has 2 aromatic heterocycles. The number of methoxy groups -OCH3 is 1. The largest absolute Gasteiger partial charge is 0.497 e. The zero-order chi connectivity index (χ0) is 21.6. The van der Waals surface area contributed by atoms with E-state index in [1.165, 1.54) is 11.3 Å². The third-order valence-electron chi connectivity index (χ3n) is 4.49. The summed E-state index contributed by atoms with van der Waals surface area (Å²) in [5.41, 5.74) is 3.56. The standard InChI is InChI=1S/C23H21ClN4O2S/c1-3-25-23-28-20(21(31-23)19-11-12-26-22(24)27-19)16-5-4-6-18(13-16)30-14-15-7-9-17(29-2)10-8-15/h4-13H,3,14H2,1-2H3,(H,25,28). The summed E-state index contributed by atoms with van der Waals surface area (Å²) in [6.45, 7) is 3.28. The number of hydrogen-bond donors (Lipinski definition) is 1. The zero-order valence-corrected chi connectivity index (χ0v) is 18.7. The van der Waals surface area contributed by atoms with E-state index in [0.29, 0.717) is 6.61 Å². The molecule has 0 aliphatic heterocycles. The van der Waals surface area contributed by atoms with Gasteiger partial charge in [0.1, 0.15) is 18.1 Å². The Morgan fingerprint density at radius 3 is 2.61 bits per heavy atom. The first-order valence-electron chi connectivity index (χ1n) is 9.76. The summed E-state index contributed by atoms with van der Waals surface area (Å²) in [5, 5.41) is 4.32. The number of nitrogens with zero attached hydrogens (tertiary/aromatic N) is 3. The molecule has 0 bridgehead atoms. The van der Waals surface area contributed by atoms with E-state index in [2.05, 4.69) is 15.3 Å². The van der Waals surface area contributed by atoms with E-state index in [4.69, 9.17) is 26.1 Å². The van der Waals surface area contributed by atoms with Gasteiger partial charge in [0.25, 0.3) is 0 Å². The molecule has 0 radical (unpaired) electrons. The lowest BCUT2D eigenvalue weighted by molar-refractivity contribution is 0.306. The van der Waals surface area contributed by atoms with Crippen molar-refractivity contribution in [2.45, 2.75) is 13.5 Å². The minimum atomic E-state index is 0.207. The number of anilines is 1. The second kappa shape index (κ2) is 9.76. The van der Waals surface area contributed by atoms with Crippen LogP contribution in [0.25, 0.3) is 21.8 Å². The number of thiazole rings is 1. The van der Waals surface area contributed by atoms with E-state index < -0.39 is 0 Å². The van der Waals surface area contributed by atoms with Gasteiger partial charge >= 0.3 is 0 Å². The van der Waals surface area contributed by atoms with Crippen LogP contribution >= 0.6 is 22.9 Å². The van der Waals surface area contributed by atoms with Crippen LogP contribution in [0, 0.1) is 0 Å². The third kappa shape index (κ3) is 5.13. The molecule has 6 nitrogen and oxygen atoms in total. The van der Waals surface area contributed by atoms with Crippen molar-refractivity contribution < 1.29 is 9.47 Å². The maximum Gasteiger partial charge on any atom is 0.222 e. The van der Waals surface area contributed by atoms with E-state index in [0.717, 1.165) is 50.6 Å². The topological polar surface area (TPSA) is 69.2 Å². The lowest BCUT2D eigenvalue weighted by Crippen LogP contribution is -1.96. The monoisotopic (exact) mass is 452 g/mol. The summed E-state index contributed by atoms with van der Waals surface area (Å²) in [4.78, 5) is 14.1. The predicted molar refractivity (Wildman–Crippen MR) is 125 cm³/mol. The minimum absolute atomic E-state index is 0.207. The molecule has 0 unspecified atom stereocenters. The van der Waals surface area contributed by atoms with Gasteiger partial charge in [-0.3, -0.25) is 0 Å². The highest BCUT2D eigenvalue weighted by atomic mass is 35.5. The van der Waals surface area contributed by atoms with E-state index >= 15 is 0 Å². The van der Waals surface area contributed by atoms with Crippen LogP contribution in [0.2, 0.25) is 5.28 Å². The lowest BCUT2D eigenvalue weighted by atomic mass is 10.1. The summed E-state index contributed by atoms with van der Waals surface area (Å²) < 4.78 is 11.2. The molecule has 0 amide bonds. The molecule has 0 fully saturated rings. The maximum absolute atomic E-state index is 6.02. The molecule has 158 valence electrons. The lowest BCUT2D eigenvalue weighted by Gasteiger charge is -2.09. The van der Waals surface area contributed by atoms with Crippen molar-refractivity contribution >= 4 is 28.1 Å². The molecular formula is C23H21ClN4O2S. The van der Waals surface area contributed by atoms with Crippen molar-refractivity contribution in [1.29, 1.82) is 0 Å². The van der Waals surface area contributed by atoms with Gasteiger partial charge in [0.15, 0.2) is 5.13 Å². The summed E-state index contributed by atoms with van der Waals surface area (Å²) >= 11 is 7.56. The predicted octanol–water partition coefficient (Wildman–Crippen LogP) is 5.94. The second-order valence-electron chi connectivity index (χ2n) is 6.60. The Morgan fingerprint density at radius 2 is 1.87 bits per heavy atom. The molecule has 1 N–H and O–H groups in total. The first-order chi connectivity index (χ1) is 15.2. The average Bonchev–Trinajstić information content (AvgIpc) is 3.22. The van der Waals surface area contributed by atoms with E-state index in [1.807, 2.05) is 61.5 Å². The minimum Gasteiger partial charge on any atom is -0.497 e. The Morgan fingerprint density at radius 1 is 1.03 bits per heavy atom. The molecular weight excluding hydrogens is 432 g/mol. The van der Waals surface area contributed by atoms with E-state index in [9.17, 15) is 0 Å². The van der Waals surface area contributed by atoms with Gasteiger partial charge < -0.3 is 14.8 Å². The van der Waals surface area contributed by atoms with Crippen molar-refractivity contribution in [3.8, 4) is 33.3 Å². The van der Waals surface area contributed by atoms with Gasteiger partial charge in [0, 0.05) is 18.3 Å². The molecule has 2 aromatic carbocycles. The van der Waals surface area contributed by atoms with Gasteiger partial charge in [-0.1, -0.05) is 35.6 Å². The maximum atomic E-state index is 6.02. The van der Waals surface area contributed by atoms with Crippen LogP contribution in [0.15, 0.2) is 60.8 Å². The normalized spacial score (nSPS) is 10.7. The van der Waals surface area contributed by atoms with Crippen LogP contribution in [0.5, 0.6) is 11.5 Å². The number of halogens is 1. The molecule has 0 saturated heterocycles. The molecule has 2 heterocycles. The van der Waals surface area contributed by atoms with Crippen molar-refractivity contribution in [3.05, 3.63) is 71.6 Å². The summed E-state index contributed by atoms with van der Waals surface area (Å²) in [6, 6.07) is 17.6. The molecule has 4 aromatic rings. The Kier molecular flexibility index (Phi) is 6.64. The van der Waals surface area contributed by atoms with Crippen LogP contribution in [0.3, 0.4) is 0 Å². The van der Waals surface area contributed by atoms with Crippen molar-refractivity contribution in [1.82, 2.24) is 15.0 Å². The molecule has 0 atom stereocenters. The fourth-order valence-electron chi connectivity index (χ4n) is 3.00. The Labute approximate surface area is 189 Å². The number of nitrogens with one attached hydrogen (secondary N) is 1. The van der Waals surface area contributed by atoms with Gasteiger partial charge in [0.2, 0.25) is 5.28 Å². The van der Waals surface area contributed by atoms with Crippen LogP contribution < -0.4 is 14.8 Å². The van der Waals surface area contributed by atoms with Gasteiger partial charge in [-0.2, -0.15) is 0 Å². The van der Waals surface area contributed by atoms with E-state index in [1.54, 1.807) is 13.3 Å². The fourth-order valence-corrected chi connectivity index (χ4v) is 4.17. The summed E-state index contributed by atoms with van der Waals surface area (Å²) in [7, 11) is 1.65. The highest BCUT2D eigenvalue weighted by molar-refractivity contribution is 7.19. The number of aromatic nitrogens is 3. The molecule has 0 spiro atoms. The van der Waals surface area contributed by atoms with E-state index in [-0.39, 0.29) is 5.28 Å². The fraction of sp³-hybridized carbons (Fsp3) is 0.174. The van der Waals surface area contributed by atoms with Gasteiger partial charge in [-0.15, -0.1) is 0 Å². The van der Waals surface area contributed by atoms with Crippen LogP contribution in [0.1, 0.15) is 12.5 Å². The van der Waals surface area contributed by atoms with Crippen molar-refractivity contribution in [3.63, 3.8) is 0 Å². The Balaban J connectivity index is 1.61. The first-order valence-corrected chi connectivity index (χ1v) is 11.0. The summed E-state index contributed by atoms with van der Waals surface area (Å²) in [5.74, 6) is 1.58. The van der Waals surface area contributed by atoms with Crippen molar-refractivity contribution in [2.24, 2.45) is 0 Å². The molecule has 0 aliphatic carbocycles. The number of rotatable bonds is 8. The quantitative estimate of drug-likeness (QED) is 0.333. The molecule has 0 saturated carbocycles. The number of ether oxygens (including phenoxy) is 2. The van der Waals surface area contributed by atoms with Gasteiger partial charge in [0.05, 0.1) is 23.4 Å². The SMILES string of the molecule is CCNc1nc(-c2cccc(OCc3ccc(OC)cc3)c2)c(-c2ccnc(Cl)n2)s1. The molecule has 0 aliphatic rings. The first kappa shape index (κ1) is 21.1. The van der Waals surface area contributed by atoms with Crippen LogP contribution in [0.4, 0.5) is 5.13 Å². The van der Waals surface area contributed by atoms with Gasteiger partial charge in [-0.25, -0.2) is 15.0 Å².